The van der Waals surface area contributed by atoms with Gasteiger partial charge in [0.05, 0.1) is 7.11 Å². The monoisotopic (exact) mass is 183 g/mol. The summed E-state index contributed by atoms with van der Waals surface area (Å²) in [5.74, 6) is 0.231. The standard InChI is InChI=1S/C8H9NO4/c1-13-8-4-6(5-9(11)12)2-3-7(8)10/h2-4,10H,5H2,1H3. The van der Waals surface area contributed by atoms with Crippen LogP contribution in [0.25, 0.3) is 0 Å². The molecule has 0 bridgehead atoms. The van der Waals surface area contributed by atoms with Crippen molar-refractivity contribution in [1.29, 1.82) is 0 Å². The molecule has 5 heteroatoms. The van der Waals surface area contributed by atoms with Crippen LogP contribution < -0.4 is 4.74 Å². The van der Waals surface area contributed by atoms with Crippen molar-refractivity contribution in [2.24, 2.45) is 0 Å². The Kier molecular flexibility index (Phi) is 2.69. The fraction of sp³-hybridized carbons (Fsp3) is 0.250. The van der Waals surface area contributed by atoms with E-state index < -0.39 is 4.92 Å². The van der Waals surface area contributed by atoms with E-state index in [2.05, 4.69) is 0 Å². The Labute approximate surface area is 74.7 Å². The van der Waals surface area contributed by atoms with E-state index in [-0.39, 0.29) is 18.0 Å². The molecule has 0 saturated carbocycles. The number of aromatic hydroxyl groups is 1. The number of methoxy groups -OCH3 is 1. The van der Waals surface area contributed by atoms with Crippen molar-refractivity contribution in [3.63, 3.8) is 0 Å². The van der Waals surface area contributed by atoms with Crippen molar-refractivity contribution >= 4 is 0 Å². The van der Waals surface area contributed by atoms with Gasteiger partial charge in [-0.2, -0.15) is 0 Å². The average molecular weight is 183 g/mol. The van der Waals surface area contributed by atoms with Crippen LogP contribution in [-0.4, -0.2) is 17.1 Å². The van der Waals surface area contributed by atoms with E-state index in [9.17, 15) is 15.2 Å². The molecule has 0 aliphatic carbocycles. The summed E-state index contributed by atoms with van der Waals surface area (Å²) >= 11 is 0. The molecule has 0 unspecified atom stereocenters. The Morgan fingerprint density at radius 1 is 1.62 bits per heavy atom. The quantitative estimate of drug-likeness (QED) is 0.564. The first kappa shape index (κ1) is 9.31. The Balaban J connectivity index is 2.92. The molecule has 1 rings (SSSR count). The number of nitro groups is 1. The van der Waals surface area contributed by atoms with Gasteiger partial charge >= 0.3 is 0 Å². The predicted octanol–water partition coefficient (Wildman–Crippen LogP) is 1.18. The van der Waals surface area contributed by atoms with Gasteiger partial charge in [-0.15, -0.1) is 0 Å². The lowest BCUT2D eigenvalue weighted by Crippen LogP contribution is -1.98. The van der Waals surface area contributed by atoms with Crippen LogP contribution in [0.3, 0.4) is 0 Å². The highest BCUT2D eigenvalue weighted by atomic mass is 16.6. The Morgan fingerprint density at radius 2 is 2.31 bits per heavy atom. The highest BCUT2D eigenvalue weighted by Gasteiger charge is 2.06. The number of nitrogens with zero attached hydrogens (tertiary/aromatic N) is 1. The molecular weight excluding hydrogens is 174 g/mol. The largest absolute Gasteiger partial charge is 0.504 e. The van der Waals surface area contributed by atoms with E-state index in [1.54, 1.807) is 0 Å². The lowest BCUT2D eigenvalue weighted by atomic mass is 10.2. The van der Waals surface area contributed by atoms with E-state index in [0.29, 0.717) is 5.56 Å². The normalized spacial score (nSPS) is 9.62. The summed E-state index contributed by atoms with van der Waals surface area (Å²) in [6.45, 7) is -0.267. The van der Waals surface area contributed by atoms with Crippen LogP contribution in [0.1, 0.15) is 5.56 Å². The maximum atomic E-state index is 10.2. The first-order chi connectivity index (χ1) is 6.13. The topological polar surface area (TPSA) is 72.6 Å². The fourth-order valence-corrected chi connectivity index (χ4v) is 0.969. The first-order valence-electron chi connectivity index (χ1n) is 3.61. The molecule has 0 spiro atoms. The SMILES string of the molecule is COc1cc(C[N+](=O)[O-])ccc1O. The number of rotatable bonds is 3. The number of hydrogen-bond acceptors (Lipinski definition) is 4. The lowest BCUT2D eigenvalue weighted by molar-refractivity contribution is -0.496. The molecule has 70 valence electrons. The summed E-state index contributed by atoms with van der Waals surface area (Å²) in [5.41, 5.74) is 0.500. The van der Waals surface area contributed by atoms with Gasteiger partial charge in [0.1, 0.15) is 0 Å². The summed E-state index contributed by atoms with van der Waals surface area (Å²) in [4.78, 5) is 9.72. The van der Waals surface area contributed by atoms with Crippen LogP contribution in [0.5, 0.6) is 11.5 Å². The molecule has 0 fully saturated rings. The molecule has 1 N–H and O–H groups in total. The number of phenolic OH excluding ortho intramolecular Hbond substituents is 1. The molecule has 5 nitrogen and oxygen atoms in total. The summed E-state index contributed by atoms with van der Waals surface area (Å²) < 4.78 is 4.79. The van der Waals surface area contributed by atoms with Crippen LogP contribution in [0.2, 0.25) is 0 Å². The minimum Gasteiger partial charge on any atom is -0.504 e. The van der Waals surface area contributed by atoms with Crippen molar-refractivity contribution in [2.45, 2.75) is 6.54 Å². The van der Waals surface area contributed by atoms with Crippen molar-refractivity contribution < 1.29 is 14.8 Å². The Hall–Kier alpha value is -1.78. The number of phenols is 1. The number of benzene rings is 1. The average Bonchev–Trinajstić information content (AvgIpc) is 2.07. The van der Waals surface area contributed by atoms with E-state index in [1.807, 2.05) is 0 Å². The van der Waals surface area contributed by atoms with Gasteiger partial charge in [0, 0.05) is 10.5 Å². The Bertz CT molecular complexity index is 324. The summed E-state index contributed by atoms with van der Waals surface area (Å²) in [7, 11) is 1.39. The highest BCUT2D eigenvalue weighted by Crippen LogP contribution is 2.26. The number of hydrogen-bond donors (Lipinski definition) is 1. The molecule has 0 heterocycles. The van der Waals surface area contributed by atoms with Gasteiger partial charge in [0.15, 0.2) is 11.5 Å². The maximum absolute atomic E-state index is 10.2. The second kappa shape index (κ2) is 3.75. The summed E-state index contributed by atoms with van der Waals surface area (Å²) in [6.07, 6.45) is 0. The predicted molar refractivity (Wildman–Crippen MR) is 45.4 cm³/mol. The van der Waals surface area contributed by atoms with Crippen molar-refractivity contribution in [2.75, 3.05) is 7.11 Å². The van der Waals surface area contributed by atoms with Crippen LogP contribution in [-0.2, 0) is 6.54 Å². The highest BCUT2D eigenvalue weighted by molar-refractivity contribution is 5.41. The van der Waals surface area contributed by atoms with Crippen molar-refractivity contribution in [1.82, 2.24) is 0 Å². The zero-order valence-electron chi connectivity index (χ0n) is 7.06. The molecule has 1 aromatic carbocycles. The zero-order valence-corrected chi connectivity index (χ0v) is 7.06. The first-order valence-corrected chi connectivity index (χ1v) is 3.61. The third-order valence-electron chi connectivity index (χ3n) is 1.56. The number of ether oxygens (including phenoxy) is 1. The van der Waals surface area contributed by atoms with Crippen molar-refractivity contribution in [3.8, 4) is 11.5 Å². The summed E-state index contributed by atoms with van der Waals surface area (Å²) in [6, 6.07) is 4.30. The smallest absolute Gasteiger partial charge is 0.229 e. The minimum atomic E-state index is -0.439. The van der Waals surface area contributed by atoms with E-state index in [0.717, 1.165) is 0 Å². The Morgan fingerprint density at radius 3 is 2.85 bits per heavy atom. The molecular formula is C8H9NO4. The minimum absolute atomic E-state index is 0.0189. The van der Waals surface area contributed by atoms with Crippen LogP contribution in [0.15, 0.2) is 18.2 Å². The molecule has 0 aliphatic rings. The van der Waals surface area contributed by atoms with Crippen LogP contribution in [0.4, 0.5) is 0 Å². The van der Waals surface area contributed by atoms with E-state index >= 15 is 0 Å². The maximum Gasteiger partial charge on any atom is 0.229 e. The molecule has 0 radical (unpaired) electrons. The molecule has 0 aromatic heterocycles. The molecule has 13 heavy (non-hydrogen) atoms. The third-order valence-corrected chi connectivity index (χ3v) is 1.56. The molecule has 1 aromatic rings. The van der Waals surface area contributed by atoms with E-state index in [1.165, 1.54) is 25.3 Å². The lowest BCUT2D eigenvalue weighted by Gasteiger charge is -2.03. The van der Waals surface area contributed by atoms with Gasteiger partial charge in [0.25, 0.3) is 0 Å². The third kappa shape index (κ3) is 2.33. The van der Waals surface area contributed by atoms with Gasteiger partial charge in [-0.3, -0.25) is 10.1 Å². The molecule has 0 amide bonds. The van der Waals surface area contributed by atoms with Gasteiger partial charge in [-0.1, -0.05) is 0 Å². The van der Waals surface area contributed by atoms with E-state index in [4.69, 9.17) is 4.74 Å². The van der Waals surface area contributed by atoms with Crippen LogP contribution in [0, 0.1) is 10.1 Å². The van der Waals surface area contributed by atoms with Gasteiger partial charge < -0.3 is 9.84 Å². The van der Waals surface area contributed by atoms with Crippen LogP contribution >= 0.6 is 0 Å². The summed E-state index contributed by atoms with van der Waals surface area (Å²) in [5, 5.41) is 19.3. The van der Waals surface area contributed by atoms with Crippen molar-refractivity contribution in [3.05, 3.63) is 33.9 Å². The fourth-order valence-electron chi connectivity index (χ4n) is 0.969. The molecule has 0 atom stereocenters. The zero-order chi connectivity index (χ0) is 9.84. The second-order valence-corrected chi connectivity index (χ2v) is 2.50. The molecule has 0 saturated heterocycles. The second-order valence-electron chi connectivity index (χ2n) is 2.50. The van der Waals surface area contributed by atoms with Gasteiger partial charge in [-0.25, -0.2) is 0 Å². The molecule has 0 aliphatic heterocycles. The van der Waals surface area contributed by atoms with Gasteiger partial charge in [-0.05, 0) is 18.2 Å². The van der Waals surface area contributed by atoms with Gasteiger partial charge in [0.2, 0.25) is 6.54 Å².